The molecule has 1 saturated heterocycles. The van der Waals surface area contributed by atoms with Crippen LogP contribution in [0.3, 0.4) is 0 Å². The van der Waals surface area contributed by atoms with Crippen molar-refractivity contribution in [3.05, 3.63) is 0 Å². The Morgan fingerprint density at radius 1 is 1.54 bits per heavy atom. The smallest absolute Gasteiger partial charge is 0.0633 e. The predicted octanol–water partition coefficient (Wildman–Crippen LogP) is 0.833. The summed E-state index contributed by atoms with van der Waals surface area (Å²) in [5, 5.41) is 0. The summed E-state index contributed by atoms with van der Waals surface area (Å²) in [6, 6.07) is 1.28. The number of hydrogen-bond acceptors (Lipinski definition) is 3. The number of nitrogens with zero attached hydrogens (tertiary/aromatic N) is 1. The highest BCUT2D eigenvalue weighted by molar-refractivity contribution is 4.88. The summed E-state index contributed by atoms with van der Waals surface area (Å²) in [5.74, 6) is 0. The fourth-order valence-corrected chi connectivity index (χ4v) is 2.14. The van der Waals surface area contributed by atoms with Crippen LogP contribution in [0.1, 0.15) is 26.7 Å². The summed E-state index contributed by atoms with van der Waals surface area (Å²) >= 11 is 0. The molecule has 0 unspecified atom stereocenters. The van der Waals surface area contributed by atoms with Gasteiger partial charge in [0.1, 0.15) is 0 Å². The van der Waals surface area contributed by atoms with Gasteiger partial charge in [0.15, 0.2) is 0 Å². The summed E-state index contributed by atoms with van der Waals surface area (Å²) in [4.78, 5) is 2.46. The molecule has 0 radical (unpaired) electrons. The van der Waals surface area contributed by atoms with E-state index in [0.29, 0.717) is 12.1 Å². The van der Waals surface area contributed by atoms with Crippen molar-refractivity contribution in [2.45, 2.75) is 44.8 Å². The molecule has 1 rings (SSSR count). The van der Waals surface area contributed by atoms with E-state index in [4.69, 9.17) is 10.5 Å². The second-order valence-corrected chi connectivity index (χ2v) is 4.16. The van der Waals surface area contributed by atoms with Gasteiger partial charge in [-0.1, -0.05) is 0 Å². The van der Waals surface area contributed by atoms with Gasteiger partial charge in [0, 0.05) is 25.2 Å². The minimum absolute atomic E-state index is 0.288. The van der Waals surface area contributed by atoms with E-state index in [0.717, 1.165) is 13.0 Å². The van der Waals surface area contributed by atoms with Crippen molar-refractivity contribution in [2.24, 2.45) is 5.73 Å². The second-order valence-electron chi connectivity index (χ2n) is 4.16. The molecule has 13 heavy (non-hydrogen) atoms. The Balaban J connectivity index is 2.56. The van der Waals surface area contributed by atoms with Crippen molar-refractivity contribution >= 4 is 0 Å². The van der Waals surface area contributed by atoms with Crippen LogP contribution in [-0.4, -0.2) is 43.3 Å². The lowest BCUT2D eigenvalue weighted by Gasteiger charge is -2.41. The second kappa shape index (κ2) is 4.94. The fourth-order valence-electron chi connectivity index (χ4n) is 2.14. The lowest BCUT2D eigenvalue weighted by molar-refractivity contribution is 0.0333. The first-order valence-electron chi connectivity index (χ1n) is 5.17. The maximum atomic E-state index is 6.07. The Bertz CT molecular complexity index is 150. The number of methoxy groups -OCH3 is 1. The van der Waals surface area contributed by atoms with Crippen LogP contribution in [0.4, 0.5) is 0 Å². The van der Waals surface area contributed by atoms with E-state index in [1.54, 1.807) is 7.11 Å². The van der Waals surface area contributed by atoms with E-state index in [9.17, 15) is 0 Å². The molecule has 0 spiro atoms. The highest BCUT2D eigenvalue weighted by atomic mass is 16.5. The molecular weight excluding hydrogens is 164 g/mol. The van der Waals surface area contributed by atoms with Crippen LogP contribution in [-0.2, 0) is 4.74 Å². The Morgan fingerprint density at radius 2 is 2.23 bits per heavy atom. The van der Waals surface area contributed by atoms with Crippen molar-refractivity contribution in [1.29, 1.82) is 0 Å². The number of nitrogens with two attached hydrogens (primary N) is 1. The molecule has 2 N–H and O–H groups in total. The normalized spacial score (nSPS) is 31.2. The zero-order valence-electron chi connectivity index (χ0n) is 8.99. The number of ether oxygens (including phenoxy) is 1. The average Bonchev–Trinajstić information content (AvgIpc) is 2.08. The molecule has 1 aliphatic heterocycles. The summed E-state index contributed by atoms with van der Waals surface area (Å²) in [7, 11) is 1.75. The fraction of sp³-hybridized carbons (Fsp3) is 1.00. The van der Waals surface area contributed by atoms with Crippen LogP contribution in [0.5, 0.6) is 0 Å². The first-order chi connectivity index (χ1) is 6.16. The molecule has 3 heteroatoms. The minimum Gasteiger partial charge on any atom is -0.383 e. The van der Waals surface area contributed by atoms with E-state index in [-0.39, 0.29) is 6.04 Å². The van der Waals surface area contributed by atoms with E-state index < -0.39 is 0 Å². The van der Waals surface area contributed by atoms with Crippen LogP contribution >= 0.6 is 0 Å². The molecule has 0 aromatic heterocycles. The molecule has 0 bridgehead atoms. The van der Waals surface area contributed by atoms with Crippen LogP contribution in [0.2, 0.25) is 0 Å². The molecule has 0 aromatic carbocycles. The zero-order valence-corrected chi connectivity index (χ0v) is 8.99. The molecule has 1 heterocycles. The van der Waals surface area contributed by atoms with Crippen molar-refractivity contribution in [3.8, 4) is 0 Å². The molecule has 0 saturated carbocycles. The molecule has 0 amide bonds. The molecule has 3 nitrogen and oxygen atoms in total. The average molecular weight is 186 g/mol. The highest BCUT2D eigenvalue weighted by Crippen LogP contribution is 2.18. The maximum Gasteiger partial charge on any atom is 0.0633 e. The van der Waals surface area contributed by atoms with Crippen LogP contribution in [0, 0.1) is 0 Å². The third kappa shape index (κ3) is 2.66. The molecule has 0 aromatic rings. The number of likely N-dealkylation sites (tertiary alicyclic amines) is 1. The largest absolute Gasteiger partial charge is 0.383 e. The SMILES string of the molecule is COC[C@@H]1[C@H](N)CCCN1C(C)C. The van der Waals surface area contributed by atoms with E-state index >= 15 is 0 Å². The van der Waals surface area contributed by atoms with Gasteiger partial charge in [0.05, 0.1) is 6.61 Å². The van der Waals surface area contributed by atoms with Gasteiger partial charge in [-0.25, -0.2) is 0 Å². The van der Waals surface area contributed by atoms with E-state index in [1.165, 1.54) is 13.0 Å². The number of piperidine rings is 1. The van der Waals surface area contributed by atoms with Crippen molar-refractivity contribution in [2.75, 3.05) is 20.3 Å². The van der Waals surface area contributed by atoms with Gasteiger partial charge in [0.25, 0.3) is 0 Å². The Morgan fingerprint density at radius 3 is 2.77 bits per heavy atom. The van der Waals surface area contributed by atoms with Crippen LogP contribution in [0.25, 0.3) is 0 Å². The molecule has 0 aliphatic carbocycles. The maximum absolute atomic E-state index is 6.07. The Hall–Kier alpha value is -0.120. The van der Waals surface area contributed by atoms with Gasteiger partial charge in [0.2, 0.25) is 0 Å². The van der Waals surface area contributed by atoms with Gasteiger partial charge >= 0.3 is 0 Å². The Labute approximate surface area is 81.2 Å². The zero-order chi connectivity index (χ0) is 9.84. The summed E-state index contributed by atoms with van der Waals surface area (Å²) in [6.07, 6.45) is 2.36. The lowest BCUT2D eigenvalue weighted by atomic mass is 9.96. The molecular formula is C10H22N2O. The van der Waals surface area contributed by atoms with Crippen LogP contribution in [0.15, 0.2) is 0 Å². The summed E-state index contributed by atoms with van der Waals surface area (Å²) < 4.78 is 5.21. The monoisotopic (exact) mass is 186 g/mol. The topological polar surface area (TPSA) is 38.5 Å². The van der Waals surface area contributed by atoms with Gasteiger partial charge in [-0.2, -0.15) is 0 Å². The van der Waals surface area contributed by atoms with Crippen molar-refractivity contribution in [3.63, 3.8) is 0 Å². The minimum atomic E-state index is 0.288. The summed E-state index contributed by atoms with van der Waals surface area (Å²) in [6.45, 7) is 6.38. The molecule has 2 atom stereocenters. The molecule has 1 fully saturated rings. The number of rotatable bonds is 3. The lowest BCUT2D eigenvalue weighted by Crippen LogP contribution is -2.56. The van der Waals surface area contributed by atoms with E-state index in [1.807, 2.05) is 0 Å². The first-order valence-corrected chi connectivity index (χ1v) is 5.17. The molecule has 78 valence electrons. The first kappa shape index (κ1) is 11.0. The third-order valence-electron chi connectivity index (χ3n) is 2.87. The van der Waals surface area contributed by atoms with Gasteiger partial charge in [-0.3, -0.25) is 4.90 Å². The van der Waals surface area contributed by atoms with Crippen molar-refractivity contribution < 1.29 is 4.74 Å². The molecule has 1 aliphatic rings. The third-order valence-corrected chi connectivity index (χ3v) is 2.87. The van der Waals surface area contributed by atoms with Gasteiger partial charge in [-0.15, -0.1) is 0 Å². The van der Waals surface area contributed by atoms with Crippen LogP contribution < -0.4 is 5.73 Å². The predicted molar refractivity (Wildman–Crippen MR) is 54.7 cm³/mol. The van der Waals surface area contributed by atoms with Crippen molar-refractivity contribution in [1.82, 2.24) is 4.90 Å². The standard InChI is InChI=1S/C10H22N2O/c1-8(2)12-6-4-5-9(11)10(12)7-13-3/h8-10H,4-7,11H2,1-3H3/t9-,10-/m1/s1. The Kier molecular flexibility index (Phi) is 4.16. The quantitative estimate of drug-likeness (QED) is 0.709. The van der Waals surface area contributed by atoms with Gasteiger partial charge in [-0.05, 0) is 33.2 Å². The summed E-state index contributed by atoms with van der Waals surface area (Å²) in [5.41, 5.74) is 6.07. The highest BCUT2D eigenvalue weighted by Gasteiger charge is 2.30. The van der Waals surface area contributed by atoms with Gasteiger partial charge < -0.3 is 10.5 Å². The van der Waals surface area contributed by atoms with E-state index in [2.05, 4.69) is 18.7 Å². The number of hydrogen-bond donors (Lipinski definition) is 1.